The Labute approximate surface area is 209 Å². The molecule has 0 amide bonds. The number of rotatable bonds is 14. The van der Waals surface area contributed by atoms with Gasteiger partial charge in [-0.15, -0.1) is 0 Å². The van der Waals surface area contributed by atoms with Crippen molar-refractivity contribution in [2.75, 3.05) is 0 Å². The Balaban J connectivity index is 2.28. The number of aliphatic hydroxyl groups excluding tert-OH is 1. The lowest BCUT2D eigenvalue weighted by Gasteiger charge is -2.33. The maximum atomic E-state index is 12.1. The topological polar surface area (TPSA) is 37.3 Å². The van der Waals surface area contributed by atoms with Crippen molar-refractivity contribution >= 4 is 5.78 Å². The molecular formula is C32H50O2. The molecule has 3 atom stereocenters. The van der Waals surface area contributed by atoms with Crippen LogP contribution in [-0.2, 0) is 17.6 Å². The molecule has 1 N–H and O–H groups in total. The lowest BCUT2D eigenvalue weighted by molar-refractivity contribution is -0.119. The lowest BCUT2D eigenvalue weighted by Crippen LogP contribution is -2.21. The summed E-state index contributed by atoms with van der Waals surface area (Å²) >= 11 is 0. The molecule has 190 valence electrons. The van der Waals surface area contributed by atoms with Crippen molar-refractivity contribution in [1.82, 2.24) is 0 Å². The molecule has 0 saturated heterocycles. The Kier molecular flexibility index (Phi) is 11.8. The Bertz CT molecular complexity index is 845. The van der Waals surface area contributed by atoms with Gasteiger partial charge in [0.2, 0.25) is 0 Å². The number of benzene rings is 1. The quantitative estimate of drug-likeness (QED) is 0.221. The van der Waals surface area contributed by atoms with Crippen molar-refractivity contribution in [2.24, 2.45) is 11.8 Å². The number of Topliss-reactive ketones (excluding diaryl/α,β-unsaturated/α-hetero) is 1. The van der Waals surface area contributed by atoms with Crippen molar-refractivity contribution in [3.05, 3.63) is 58.2 Å². The number of ketones is 1. The number of hydrogen-bond acceptors (Lipinski definition) is 2. The van der Waals surface area contributed by atoms with Gasteiger partial charge in [-0.2, -0.15) is 0 Å². The number of aryl methyl sites for hydroxylation is 2. The highest BCUT2D eigenvalue weighted by atomic mass is 16.3. The Hall–Kier alpha value is -1.67. The minimum atomic E-state index is -0.409. The van der Waals surface area contributed by atoms with Crippen LogP contribution in [0.2, 0.25) is 0 Å². The largest absolute Gasteiger partial charge is 0.393 e. The third kappa shape index (κ3) is 8.84. The van der Waals surface area contributed by atoms with Crippen LogP contribution in [-0.4, -0.2) is 17.0 Å². The van der Waals surface area contributed by atoms with E-state index in [1.807, 2.05) is 0 Å². The molecule has 0 saturated carbocycles. The lowest BCUT2D eigenvalue weighted by atomic mass is 9.71. The van der Waals surface area contributed by atoms with E-state index in [1.165, 1.54) is 52.7 Å². The molecule has 0 spiro atoms. The standard InChI is InChI=1S/C32H50O2/c1-8-9-10-12-26-19-25(7)32(31-18-24(6)15-16-30(31)23(4)5)27(20-26)21-29(34)14-11-13-28(33)17-22(2)3/h18-20,22,29-31,34H,4,8-17,21H2,1-3,5-7H3/t29?,30-,31+/m0/s1. The van der Waals surface area contributed by atoms with Crippen LogP contribution >= 0.6 is 0 Å². The van der Waals surface area contributed by atoms with Gasteiger partial charge in [-0.25, -0.2) is 0 Å². The van der Waals surface area contributed by atoms with Gasteiger partial charge in [-0.3, -0.25) is 4.79 Å². The first kappa shape index (κ1) is 28.6. The van der Waals surface area contributed by atoms with Crippen LogP contribution in [0.3, 0.4) is 0 Å². The molecule has 1 aliphatic rings. The first-order valence-corrected chi connectivity index (χ1v) is 13.8. The zero-order valence-corrected chi connectivity index (χ0v) is 22.9. The summed E-state index contributed by atoms with van der Waals surface area (Å²) in [5.74, 6) is 1.53. The molecule has 1 aromatic carbocycles. The van der Waals surface area contributed by atoms with Gasteiger partial charge in [0.05, 0.1) is 6.10 Å². The summed E-state index contributed by atoms with van der Waals surface area (Å²) in [7, 11) is 0. The molecule has 0 bridgehead atoms. The molecule has 1 aromatic rings. The van der Waals surface area contributed by atoms with Gasteiger partial charge in [0.1, 0.15) is 5.78 Å². The van der Waals surface area contributed by atoms with Gasteiger partial charge in [0, 0.05) is 18.8 Å². The summed E-state index contributed by atoms with van der Waals surface area (Å²) in [6.07, 6.45) is 12.5. The van der Waals surface area contributed by atoms with E-state index in [4.69, 9.17) is 0 Å². The fourth-order valence-electron chi connectivity index (χ4n) is 5.68. The molecule has 34 heavy (non-hydrogen) atoms. The normalized spacial score (nSPS) is 19.2. The predicted octanol–water partition coefficient (Wildman–Crippen LogP) is 8.43. The maximum absolute atomic E-state index is 12.1. The van der Waals surface area contributed by atoms with Crippen molar-refractivity contribution in [1.29, 1.82) is 0 Å². The second-order valence-electron chi connectivity index (χ2n) is 11.4. The van der Waals surface area contributed by atoms with E-state index in [-0.39, 0.29) is 0 Å². The van der Waals surface area contributed by atoms with E-state index in [1.54, 1.807) is 0 Å². The third-order valence-corrected chi connectivity index (χ3v) is 7.40. The molecule has 2 rings (SSSR count). The second-order valence-corrected chi connectivity index (χ2v) is 11.4. The molecule has 0 fully saturated rings. The summed E-state index contributed by atoms with van der Waals surface area (Å²) in [6, 6.07) is 4.76. The van der Waals surface area contributed by atoms with Gasteiger partial charge in [-0.1, -0.05) is 69.5 Å². The van der Waals surface area contributed by atoms with E-state index >= 15 is 0 Å². The Morgan fingerprint density at radius 1 is 1.18 bits per heavy atom. The highest BCUT2D eigenvalue weighted by molar-refractivity contribution is 5.78. The van der Waals surface area contributed by atoms with E-state index in [0.29, 0.717) is 49.2 Å². The number of aliphatic hydroxyl groups is 1. The van der Waals surface area contributed by atoms with Crippen molar-refractivity contribution < 1.29 is 9.90 Å². The third-order valence-electron chi connectivity index (χ3n) is 7.40. The fourth-order valence-corrected chi connectivity index (χ4v) is 5.68. The highest BCUT2D eigenvalue weighted by Gasteiger charge is 2.29. The van der Waals surface area contributed by atoms with Crippen molar-refractivity contribution in [3.8, 4) is 0 Å². The van der Waals surface area contributed by atoms with Gasteiger partial charge >= 0.3 is 0 Å². The average molecular weight is 467 g/mol. The van der Waals surface area contributed by atoms with Crippen LogP contribution in [0.15, 0.2) is 35.9 Å². The van der Waals surface area contributed by atoms with E-state index in [9.17, 15) is 9.90 Å². The smallest absolute Gasteiger partial charge is 0.133 e. The highest BCUT2D eigenvalue weighted by Crippen LogP contribution is 2.43. The molecule has 0 radical (unpaired) electrons. The minimum absolute atomic E-state index is 0.323. The number of carbonyl (C=O) groups excluding carboxylic acids is 1. The van der Waals surface area contributed by atoms with Gasteiger partial charge in [0.25, 0.3) is 0 Å². The predicted molar refractivity (Wildman–Crippen MR) is 146 cm³/mol. The Morgan fingerprint density at radius 3 is 2.56 bits per heavy atom. The van der Waals surface area contributed by atoms with Gasteiger partial charge in [0.15, 0.2) is 0 Å². The molecule has 1 aliphatic carbocycles. The molecule has 2 heteroatoms. The zero-order chi connectivity index (χ0) is 25.3. The van der Waals surface area contributed by atoms with E-state index < -0.39 is 6.10 Å². The van der Waals surface area contributed by atoms with Crippen LogP contribution in [0.5, 0.6) is 0 Å². The molecule has 2 nitrogen and oxygen atoms in total. The first-order valence-electron chi connectivity index (χ1n) is 13.8. The van der Waals surface area contributed by atoms with Crippen molar-refractivity contribution in [3.63, 3.8) is 0 Å². The zero-order valence-electron chi connectivity index (χ0n) is 22.9. The fraction of sp³-hybridized carbons (Fsp3) is 0.656. The van der Waals surface area contributed by atoms with Gasteiger partial charge in [-0.05, 0) is 99.8 Å². The van der Waals surface area contributed by atoms with Crippen LogP contribution in [0.4, 0.5) is 0 Å². The van der Waals surface area contributed by atoms with E-state index in [0.717, 1.165) is 25.7 Å². The summed E-state index contributed by atoms with van der Waals surface area (Å²) in [5.41, 5.74) is 8.17. The van der Waals surface area contributed by atoms with Crippen molar-refractivity contribution in [2.45, 2.75) is 124 Å². The maximum Gasteiger partial charge on any atom is 0.133 e. The molecule has 0 heterocycles. The van der Waals surface area contributed by atoms with Crippen LogP contribution in [0.25, 0.3) is 0 Å². The van der Waals surface area contributed by atoms with Crippen LogP contribution in [0, 0.1) is 18.8 Å². The second kappa shape index (κ2) is 14.0. The summed E-state index contributed by atoms with van der Waals surface area (Å²) in [4.78, 5) is 12.1. The summed E-state index contributed by atoms with van der Waals surface area (Å²) in [6.45, 7) is 17.4. The first-order chi connectivity index (χ1) is 16.1. The number of unbranched alkanes of at least 4 members (excludes halogenated alkanes) is 2. The van der Waals surface area contributed by atoms with Crippen LogP contribution < -0.4 is 0 Å². The molecule has 1 unspecified atom stereocenters. The number of carbonyl (C=O) groups is 1. The summed E-state index contributed by atoms with van der Waals surface area (Å²) in [5, 5.41) is 11.0. The number of allylic oxidation sites excluding steroid dienone is 3. The number of hydrogen-bond donors (Lipinski definition) is 1. The Morgan fingerprint density at radius 2 is 1.91 bits per heavy atom. The van der Waals surface area contributed by atoms with Gasteiger partial charge < -0.3 is 5.11 Å². The SMILES string of the molecule is C=C(C)[C@@H]1CCC(C)=C[C@H]1c1c(C)cc(CCCCC)cc1CC(O)CCCC(=O)CC(C)C. The molecular weight excluding hydrogens is 416 g/mol. The monoisotopic (exact) mass is 466 g/mol. The van der Waals surface area contributed by atoms with E-state index in [2.05, 4.69) is 66.3 Å². The molecule has 0 aliphatic heterocycles. The molecule has 0 aromatic heterocycles. The van der Waals surface area contributed by atoms with Crippen LogP contribution in [0.1, 0.15) is 121 Å². The average Bonchev–Trinajstić information content (AvgIpc) is 2.73. The summed E-state index contributed by atoms with van der Waals surface area (Å²) < 4.78 is 0. The minimum Gasteiger partial charge on any atom is -0.393 e.